The lowest BCUT2D eigenvalue weighted by atomic mass is 10.1. The molecule has 0 saturated heterocycles. The lowest BCUT2D eigenvalue weighted by Crippen LogP contribution is -2.27. The van der Waals surface area contributed by atoms with Crippen LogP contribution in [0.3, 0.4) is 0 Å². The summed E-state index contributed by atoms with van der Waals surface area (Å²) in [6.07, 6.45) is -0.293. The molecular formula is C10H10BrF2NO. The van der Waals surface area contributed by atoms with E-state index in [0.717, 1.165) is 0 Å². The molecule has 1 fully saturated rings. The molecule has 1 aromatic carbocycles. The van der Waals surface area contributed by atoms with Gasteiger partial charge in [0, 0.05) is 6.42 Å². The normalized spacial score (nSPS) is 27.5. The maximum Gasteiger partial charge on any atom is 0.272 e. The van der Waals surface area contributed by atoms with Crippen LogP contribution in [0, 0.1) is 0 Å². The van der Waals surface area contributed by atoms with E-state index in [2.05, 4.69) is 15.9 Å². The summed E-state index contributed by atoms with van der Waals surface area (Å²) in [6.45, 7) is 0. The van der Waals surface area contributed by atoms with E-state index in [1.54, 1.807) is 18.2 Å². The van der Waals surface area contributed by atoms with Crippen LogP contribution in [0.2, 0.25) is 0 Å². The summed E-state index contributed by atoms with van der Waals surface area (Å²) in [7, 11) is 1.52. The number of alkyl halides is 2. The third kappa shape index (κ3) is 1.54. The molecule has 0 aromatic heterocycles. The number of benzene rings is 1. The summed E-state index contributed by atoms with van der Waals surface area (Å²) in [5.41, 5.74) is 4.53. The summed E-state index contributed by atoms with van der Waals surface area (Å²) < 4.78 is 31.7. The van der Waals surface area contributed by atoms with Crippen LogP contribution in [0.4, 0.5) is 8.78 Å². The van der Waals surface area contributed by atoms with Crippen LogP contribution in [0.1, 0.15) is 12.0 Å². The molecule has 15 heavy (non-hydrogen) atoms. The summed E-state index contributed by atoms with van der Waals surface area (Å²) in [4.78, 5) is 0. The molecule has 2 rings (SSSR count). The van der Waals surface area contributed by atoms with E-state index in [9.17, 15) is 8.78 Å². The number of rotatable bonds is 2. The molecule has 0 amide bonds. The van der Waals surface area contributed by atoms with Gasteiger partial charge in [-0.05, 0) is 33.6 Å². The first-order valence-corrected chi connectivity index (χ1v) is 5.21. The van der Waals surface area contributed by atoms with Crippen molar-refractivity contribution in [3.63, 3.8) is 0 Å². The third-order valence-corrected chi connectivity index (χ3v) is 3.32. The zero-order valence-electron chi connectivity index (χ0n) is 8.06. The van der Waals surface area contributed by atoms with E-state index >= 15 is 0 Å². The Bertz CT molecular complexity index is 410. The highest BCUT2D eigenvalue weighted by atomic mass is 79.9. The molecule has 0 radical (unpaired) electrons. The van der Waals surface area contributed by atoms with Gasteiger partial charge in [0.2, 0.25) is 0 Å². The van der Waals surface area contributed by atoms with Crippen LogP contribution < -0.4 is 10.5 Å². The average Bonchev–Trinajstić information content (AvgIpc) is 2.67. The molecule has 1 unspecified atom stereocenters. The first-order valence-electron chi connectivity index (χ1n) is 4.41. The van der Waals surface area contributed by atoms with Crippen LogP contribution in [0.15, 0.2) is 22.7 Å². The van der Waals surface area contributed by atoms with Crippen LogP contribution in [0.25, 0.3) is 0 Å². The van der Waals surface area contributed by atoms with Gasteiger partial charge < -0.3 is 10.5 Å². The van der Waals surface area contributed by atoms with Crippen molar-refractivity contribution in [3.05, 3.63) is 28.2 Å². The number of nitrogens with two attached hydrogens (primary N) is 1. The molecule has 1 atom stereocenters. The molecule has 1 saturated carbocycles. The fourth-order valence-corrected chi connectivity index (χ4v) is 2.10. The van der Waals surface area contributed by atoms with Gasteiger partial charge in [-0.2, -0.15) is 0 Å². The Hall–Kier alpha value is -0.680. The molecule has 2 nitrogen and oxygen atoms in total. The van der Waals surface area contributed by atoms with Gasteiger partial charge in [-0.15, -0.1) is 0 Å². The van der Waals surface area contributed by atoms with Gasteiger partial charge in [0.1, 0.15) is 11.3 Å². The van der Waals surface area contributed by atoms with Crippen molar-refractivity contribution >= 4 is 15.9 Å². The number of hydrogen-bond acceptors (Lipinski definition) is 2. The summed E-state index contributed by atoms with van der Waals surface area (Å²) >= 11 is 3.24. The largest absolute Gasteiger partial charge is 0.496 e. The quantitative estimate of drug-likeness (QED) is 0.902. The lowest BCUT2D eigenvalue weighted by molar-refractivity contribution is 0.0891. The smallest absolute Gasteiger partial charge is 0.272 e. The predicted octanol–water partition coefficient (Wildman–Crippen LogP) is 2.65. The number of halogens is 3. The molecule has 0 heterocycles. The van der Waals surface area contributed by atoms with Crippen molar-refractivity contribution in [1.29, 1.82) is 0 Å². The molecule has 82 valence electrons. The highest BCUT2D eigenvalue weighted by molar-refractivity contribution is 9.10. The highest BCUT2D eigenvalue weighted by Crippen LogP contribution is 2.57. The van der Waals surface area contributed by atoms with Crippen molar-refractivity contribution < 1.29 is 13.5 Å². The Labute approximate surface area is 94.5 Å². The fraction of sp³-hybridized carbons (Fsp3) is 0.400. The van der Waals surface area contributed by atoms with Crippen LogP contribution in [-0.4, -0.2) is 13.0 Å². The second kappa shape index (κ2) is 3.15. The molecule has 5 heteroatoms. The van der Waals surface area contributed by atoms with E-state index < -0.39 is 11.5 Å². The molecular weight excluding hydrogens is 268 g/mol. The van der Waals surface area contributed by atoms with Crippen LogP contribution in [-0.2, 0) is 5.54 Å². The Morgan fingerprint density at radius 2 is 2.07 bits per heavy atom. The molecule has 0 aliphatic heterocycles. The van der Waals surface area contributed by atoms with Gasteiger partial charge in [0.25, 0.3) is 5.92 Å². The zero-order valence-corrected chi connectivity index (χ0v) is 9.64. The number of methoxy groups -OCH3 is 1. The SMILES string of the molecule is COc1ccc(C2(N)CC2(F)F)cc1Br. The lowest BCUT2D eigenvalue weighted by Gasteiger charge is -2.12. The second-order valence-electron chi connectivity index (χ2n) is 3.70. The summed E-state index contributed by atoms with van der Waals surface area (Å²) in [6, 6.07) is 4.78. The van der Waals surface area contributed by atoms with E-state index in [-0.39, 0.29) is 6.42 Å². The molecule has 0 spiro atoms. The number of ether oxygens (including phenoxy) is 1. The standard InChI is InChI=1S/C10H10BrF2NO/c1-15-8-3-2-6(4-7(8)11)9(14)5-10(9,12)13/h2-4H,5,14H2,1H3. The van der Waals surface area contributed by atoms with E-state index in [1.807, 2.05) is 0 Å². The zero-order chi connectivity index (χ0) is 11.3. The Morgan fingerprint density at radius 1 is 1.47 bits per heavy atom. The molecule has 2 N–H and O–H groups in total. The van der Waals surface area contributed by atoms with Gasteiger partial charge >= 0.3 is 0 Å². The molecule has 1 aliphatic carbocycles. The van der Waals surface area contributed by atoms with Crippen molar-refractivity contribution in [2.75, 3.05) is 7.11 Å². The maximum atomic E-state index is 13.0. The maximum absolute atomic E-state index is 13.0. The monoisotopic (exact) mass is 277 g/mol. The predicted molar refractivity (Wildman–Crippen MR) is 56.1 cm³/mol. The van der Waals surface area contributed by atoms with Gasteiger partial charge in [0.15, 0.2) is 0 Å². The highest BCUT2D eigenvalue weighted by Gasteiger charge is 2.69. The van der Waals surface area contributed by atoms with Gasteiger partial charge in [-0.1, -0.05) is 6.07 Å². The Balaban J connectivity index is 2.37. The van der Waals surface area contributed by atoms with Gasteiger partial charge in [-0.3, -0.25) is 0 Å². The van der Waals surface area contributed by atoms with Gasteiger partial charge in [0.05, 0.1) is 11.6 Å². The third-order valence-electron chi connectivity index (χ3n) is 2.70. The average molecular weight is 278 g/mol. The van der Waals surface area contributed by atoms with Crippen molar-refractivity contribution in [1.82, 2.24) is 0 Å². The van der Waals surface area contributed by atoms with Crippen LogP contribution >= 0.6 is 15.9 Å². The van der Waals surface area contributed by atoms with Crippen LogP contribution in [0.5, 0.6) is 5.75 Å². The second-order valence-corrected chi connectivity index (χ2v) is 4.56. The van der Waals surface area contributed by atoms with Crippen molar-refractivity contribution in [2.24, 2.45) is 5.73 Å². The first kappa shape index (κ1) is 10.8. The molecule has 1 aromatic rings. The summed E-state index contributed by atoms with van der Waals surface area (Å²) in [5.74, 6) is -2.19. The van der Waals surface area contributed by atoms with Crippen molar-refractivity contribution in [2.45, 2.75) is 17.9 Å². The minimum atomic E-state index is -2.79. The Kier molecular flexibility index (Phi) is 2.28. The minimum absolute atomic E-state index is 0.293. The Morgan fingerprint density at radius 3 is 2.47 bits per heavy atom. The summed E-state index contributed by atoms with van der Waals surface area (Å²) in [5, 5.41) is 0. The fourth-order valence-electron chi connectivity index (χ4n) is 1.56. The number of hydrogen-bond donors (Lipinski definition) is 1. The van der Waals surface area contributed by atoms with Gasteiger partial charge in [-0.25, -0.2) is 8.78 Å². The van der Waals surface area contributed by atoms with Crippen molar-refractivity contribution in [3.8, 4) is 5.75 Å². The first-order chi connectivity index (χ1) is 6.90. The van der Waals surface area contributed by atoms with E-state index in [1.165, 1.54) is 7.11 Å². The minimum Gasteiger partial charge on any atom is -0.496 e. The molecule has 1 aliphatic rings. The topological polar surface area (TPSA) is 35.2 Å². The molecule has 0 bridgehead atoms. The van der Waals surface area contributed by atoms with E-state index in [0.29, 0.717) is 15.8 Å². The van der Waals surface area contributed by atoms with E-state index in [4.69, 9.17) is 10.5 Å².